The van der Waals surface area contributed by atoms with Crippen LogP contribution in [0.3, 0.4) is 0 Å². The predicted molar refractivity (Wildman–Crippen MR) is 82.4 cm³/mol. The average molecular weight is 312 g/mol. The van der Waals surface area contributed by atoms with Gasteiger partial charge in [0, 0.05) is 18.4 Å². The Balaban J connectivity index is 0.00000220. The third-order valence-electron chi connectivity index (χ3n) is 2.85. The molecule has 1 amide bonds. The number of carbonyl (C=O) groups excluding carboxylic acids is 1. The highest BCUT2D eigenvalue weighted by atomic mass is 35.5. The van der Waals surface area contributed by atoms with Crippen molar-refractivity contribution in [1.29, 1.82) is 0 Å². The molecule has 21 heavy (non-hydrogen) atoms. The molecular formula is C14H18ClN3O3. The van der Waals surface area contributed by atoms with E-state index in [0.29, 0.717) is 11.6 Å². The predicted octanol–water partition coefficient (Wildman–Crippen LogP) is 1.98. The van der Waals surface area contributed by atoms with Gasteiger partial charge in [0.2, 0.25) is 11.8 Å². The molecule has 3 N–H and O–H groups in total. The minimum Gasteiger partial charge on any atom is -0.445 e. The Hall–Kier alpha value is -1.89. The lowest BCUT2D eigenvalue weighted by atomic mass is 10.1. The van der Waals surface area contributed by atoms with Crippen LogP contribution in [0.15, 0.2) is 35.1 Å². The first-order chi connectivity index (χ1) is 9.61. The monoisotopic (exact) mass is 311 g/mol. The standard InChI is InChI=1S/C14H17N3O3.ClH/c1-9-3-4-10(17-13(18)12(15)8-19-2)7-11(9)14-16-5-6-20-14;/h3-7,12H,8,15H2,1-2H3,(H,17,18);1H. The second-order valence-electron chi connectivity index (χ2n) is 4.42. The maximum atomic E-state index is 11.8. The Morgan fingerprint density at radius 2 is 2.29 bits per heavy atom. The Bertz CT molecular complexity index is 587. The van der Waals surface area contributed by atoms with Crippen molar-refractivity contribution in [2.75, 3.05) is 19.0 Å². The normalized spacial score (nSPS) is 11.6. The zero-order valence-electron chi connectivity index (χ0n) is 11.8. The third kappa shape index (κ3) is 4.29. The summed E-state index contributed by atoms with van der Waals surface area (Å²) in [6.45, 7) is 2.12. The number of hydrogen-bond donors (Lipinski definition) is 2. The van der Waals surface area contributed by atoms with Crippen LogP contribution in [-0.4, -0.2) is 30.6 Å². The fraction of sp³-hybridized carbons (Fsp3) is 0.286. The van der Waals surface area contributed by atoms with E-state index in [9.17, 15) is 4.79 Å². The van der Waals surface area contributed by atoms with Gasteiger partial charge in [-0.1, -0.05) is 6.07 Å². The molecule has 2 rings (SSSR count). The number of oxazole rings is 1. The topological polar surface area (TPSA) is 90.4 Å². The smallest absolute Gasteiger partial charge is 0.243 e. The number of halogens is 1. The summed E-state index contributed by atoms with van der Waals surface area (Å²) in [5.41, 5.74) is 8.14. The number of nitrogens with zero attached hydrogens (tertiary/aromatic N) is 1. The first-order valence-corrected chi connectivity index (χ1v) is 6.17. The van der Waals surface area contributed by atoms with Gasteiger partial charge in [-0.2, -0.15) is 0 Å². The molecule has 0 saturated carbocycles. The summed E-state index contributed by atoms with van der Waals surface area (Å²) in [5, 5.41) is 2.74. The minimum atomic E-state index is -0.702. The summed E-state index contributed by atoms with van der Waals surface area (Å²) in [6.07, 6.45) is 3.09. The summed E-state index contributed by atoms with van der Waals surface area (Å²) in [4.78, 5) is 15.9. The van der Waals surface area contributed by atoms with Crippen LogP contribution in [-0.2, 0) is 9.53 Å². The van der Waals surface area contributed by atoms with Crippen LogP contribution in [0, 0.1) is 6.92 Å². The van der Waals surface area contributed by atoms with Gasteiger partial charge in [0.15, 0.2) is 0 Å². The van der Waals surface area contributed by atoms with Gasteiger partial charge >= 0.3 is 0 Å². The van der Waals surface area contributed by atoms with E-state index in [0.717, 1.165) is 11.1 Å². The molecule has 114 valence electrons. The van der Waals surface area contributed by atoms with Crippen molar-refractivity contribution in [3.8, 4) is 11.5 Å². The maximum absolute atomic E-state index is 11.8. The van der Waals surface area contributed by atoms with Crippen molar-refractivity contribution >= 4 is 24.0 Å². The summed E-state index contributed by atoms with van der Waals surface area (Å²) in [7, 11) is 1.50. The number of anilines is 1. The van der Waals surface area contributed by atoms with Gasteiger partial charge in [-0.15, -0.1) is 12.4 Å². The largest absolute Gasteiger partial charge is 0.445 e. The van der Waals surface area contributed by atoms with Crippen LogP contribution in [0.2, 0.25) is 0 Å². The fourth-order valence-corrected chi connectivity index (χ4v) is 1.78. The van der Waals surface area contributed by atoms with Gasteiger partial charge in [0.05, 0.1) is 12.8 Å². The van der Waals surface area contributed by atoms with Crippen LogP contribution in [0.4, 0.5) is 5.69 Å². The first-order valence-electron chi connectivity index (χ1n) is 6.17. The first kappa shape index (κ1) is 17.2. The molecule has 7 heteroatoms. The van der Waals surface area contributed by atoms with Gasteiger partial charge in [0.1, 0.15) is 12.3 Å². The van der Waals surface area contributed by atoms with Crippen LogP contribution in [0.1, 0.15) is 5.56 Å². The van der Waals surface area contributed by atoms with Crippen molar-refractivity contribution in [3.63, 3.8) is 0 Å². The Morgan fingerprint density at radius 1 is 1.52 bits per heavy atom. The Morgan fingerprint density at radius 3 is 2.90 bits per heavy atom. The summed E-state index contributed by atoms with van der Waals surface area (Å²) >= 11 is 0. The molecule has 0 radical (unpaired) electrons. The summed E-state index contributed by atoms with van der Waals surface area (Å²) in [5.74, 6) is 0.217. The van der Waals surface area contributed by atoms with E-state index in [1.165, 1.54) is 13.4 Å². The Labute approximate surface area is 129 Å². The van der Waals surface area contributed by atoms with Gasteiger partial charge in [-0.25, -0.2) is 4.98 Å². The molecule has 0 saturated heterocycles. The number of rotatable bonds is 5. The molecule has 0 aliphatic rings. The second-order valence-corrected chi connectivity index (χ2v) is 4.42. The lowest BCUT2D eigenvalue weighted by Crippen LogP contribution is -2.39. The molecule has 0 aliphatic carbocycles. The minimum absolute atomic E-state index is 0. The zero-order chi connectivity index (χ0) is 14.5. The van der Waals surface area contributed by atoms with E-state index < -0.39 is 6.04 Å². The molecule has 0 aliphatic heterocycles. The highest BCUT2D eigenvalue weighted by Gasteiger charge is 2.14. The number of nitrogens with one attached hydrogen (secondary N) is 1. The number of benzene rings is 1. The van der Waals surface area contributed by atoms with Crippen molar-refractivity contribution < 1.29 is 13.9 Å². The molecule has 1 heterocycles. The molecule has 1 aromatic heterocycles. The molecule has 1 unspecified atom stereocenters. The van der Waals surface area contributed by atoms with Crippen molar-refractivity contribution in [3.05, 3.63) is 36.2 Å². The number of nitrogens with two attached hydrogens (primary N) is 1. The quantitative estimate of drug-likeness (QED) is 0.881. The van der Waals surface area contributed by atoms with Gasteiger partial charge < -0.3 is 20.2 Å². The lowest BCUT2D eigenvalue weighted by Gasteiger charge is -2.12. The number of amides is 1. The van der Waals surface area contributed by atoms with Crippen molar-refractivity contribution in [2.24, 2.45) is 5.73 Å². The van der Waals surface area contributed by atoms with E-state index in [2.05, 4.69) is 10.3 Å². The second kappa shape index (κ2) is 7.78. The van der Waals surface area contributed by atoms with E-state index in [1.54, 1.807) is 18.3 Å². The lowest BCUT2D eigenvalue weighted by molar-refractivity contribution is -0.118. The van der Waals surface area contributed by atoms with Gasteiger partial charge in [-0.3, -0.25) is 4.79 Å². The molecule has 2 aromatic rings. The van der Waals surface area contributed by atoms with Crippen molar-refractivity contribution in [2.45, 2.75) is 13.0 Å². The third-order valence-corrected chi connectivity index (χ3v) is 2.85. The van der Waals surface area contributed by atoms with Gasteiger partial charge in [-0.05, 0) is 24.6 Å². The Kier molecular flexibility index (Phi) is 6.36. The molecule has 1 atom stereocenters. The molecule has 1 aromatic carbocycles. The molecule has 6 nitrogen and oxygen atoms in total. The van der Waals surface area contributed by atoms with Gasteiger partial charge in [0.25, 0.3) is 0 Å². The maximum Gasteiger partial charge on any atom is 0.243 e. The zero-order valence-corrected chi connectivity index (χ0v) is 12.6. The SMILES string of the molecule is COCC(N)C(=O)Nc1ccc(C)c(-c2ncco2)c1.Cl. The van der Waals surface area contributed by atoms with Crippen LogP contribution in [0.5, 0.6) is 0 Å². The molecule has 0 spiro atoms. The highest BCUT2D eigenvalue weighted by molar-refractivity contribution is 5.95. The molecular weight excluding hydrogens is 294 g/mol. The van der Waals surface area contributed by atoms with Crippen LogP contribution < -0.4 is 11.1 Å². The molecule has 0 fully saturated rings. The van der Waals surface area contributed by atoms with E-state index in [4.69, 9.17) is 14.9 Å². The van der Waals surface area contributed by atoms with E-state index >= 15 is 0 Å². The molecule has 0 bridgehead atoms. The number of methoxy groups -OCH3 is 1. The van der Waals surface area contributed by atoms with E-state index in [1.807, 2.05) is 13.0 Å². The summed E-state index contributed by atoms with van der Waals surface area (Å²) < 4.78 is 10.1. The van der Waals surface area contributed by atoms with Crippen molar-refractivity contribution in [1.82, 2.24) is 4.98 Å². The average Bonchev–Trinajstić information content (AvgIpc) is 2.95. The summed E-state index contributed by atoms with van der Waals surface area (Å²) in [6, 6.07) is 4.79. The highest BCUT2D eigenvalue weighted by Crippen LogP contribution is 2.25. The number of aromatic nitrogens is 1. The number of ether oxygens (including phenoxy) is 1. The van der Waals surface area contributed by atoms with E-state index in [-0.39, 0.29) is 24.9 Å². The number of carbonyl (C=O) groups is 1. The fourth-order valence-electron chi connectivity index (χ4n) is 1.78. The number of aryl methyl sites for hydroxylation is 1. The van der Waals surface area contributed by atoms with Crippen LogP contribution in [0.25, 0.3) is 11.5 Å². The number of hydrogen-bond acceptors (Lipinski definition) is 5. The van der Waals surface area contributed by atoms with Crippen LogP contribution >= 0.6 is 12.4 Å².